The van der Waals surface area contributed by atoms with Crippen LogP contribution in [0.2, 0.25) is 0 Å². The van der Waals surface area contributed by atoms with Gasteiger partial charge in [-0.2, -0.15) is 0 Å². The van der Waals surface area contributed by atoms with Crippen LogP contribution >= 0.6 is 0 Å². The number of rotatable bonds is 3. The largest absolute Gasteiger partial charge is 0.480 e. The molecule has 3 aromatic rings. The quantitative estimate of drug-likeness (QED) is 0.585. The summed E-state index contributed by atoms with van der Waals surface area (Å²) in [7, 11) is 0. The second-order valence-corrected chi connectivity index (χ2v) is 10.1. The van der Waals surface area contributed by atoms with Crippen LogP contribution in [0.25, 0.3) is 10.9 Å². The van der Waals surface area contributed by atoms with E-state index in [1.807, 2.05) is 38.1 Å². The third-order valence-corrected chi connectivity index (χ3v) is 6.15. The molecule has 2 aromatic carbocycles. The Morgan fingerprint density at radius 1 is 1.12 bits per heavy atom. The molecule has 0 spiro atoms. The summed E-state index contributed by atoms with van der Waals surface area (Å²) in [6.07, 6.45) is -0.660. The maximum absolute atomic E-state index is 13.5. The van der Waals surface area contributed by atoms with Crippen molar-refractivity contribution < 1.29 is 23.8 Å². The van der Waals surface area contributed by atoms with Gasteiger partial charge >= 0.3 is 12.1 Å². The van der Waals surface area contributed by atoms with Gasteiger partial charge < -0.3 is 14.4 Å². The molecule has 0 bridgehead atoms. The Balaban J connectivity index is 1.91. The van der Waals surface area contributed by atoms with Crippen LogP contribution in [0.1, 0.15) is 51.4 Å². The molecule has 7 heteroatoms. The van der Waals surface area contributed by atoms with Crippen molar-refractivity contribution in [2.75, 3.05) is 0 Å². The average Bonchev–Trinajstić information content (AvgIpc) is 3.02. The van der Waals surface area contributed by atoms with E-state index in [9.17, 15) is 19.1 Å². The van der Waals surface area contributed by atoms with Crippen LogP contribution < -0.4 is 0 Å². The predicted molar refractivity (Wildman–Crippen MR) is 124 cm³/mol. The second kappa shape index (κ2) is 7.90. The molecule has 1 atom stereocenters. The lowest BCUT2D eigenvalue weighted by molar-refractivity contribution is -0.146. The molecule has 0 saturated heterocycles. The summed E-state index contributed by atoms with van der Waals surface area (Å²) in [5, 5.41) is 11.1. The monoisotopic (exact) mass is 452 g/mol. The van der Waals surface area contributed by atoms with Gasteiger partial charge in [-0.3, -0.25) is 4.90 Å². The van der Waals surface area contributed by atoms with E-state index < -0.39 is 29.1 Å². The Hall–Kier alpha value is -3.35. The van der Waals surface area contributed by atoms with Crippen LogP contribution in [-0.4, -0.2) is 38.3 Å². The minimum Gasteiger partial charge on any atom is -0.480 e. The van der Waals surface area contributed by atoms with Crippen LogP contribution in [0.3, 0.4) is 0 Å². The SMILES string of the molecule is CC(C)(C)OC(=O)N1Cc2c(c3ccccc3n2Cc2ccc(F)cc2)C(C)(C)C1C(=O)O. The molecule has 4 rings (SSSR count). The number of para-hydroxylation sites is 1. The first-order valence-corrected chi connectivity index (χ1v) is 11.0. The number of ether oxygens (including phenoxy) is 1. The first-order valence-electron chi connectivity index (χ1n) is 11.0. The molecule has 33 heavy (non-hydrogen) atoms. The van der Waals surface area contributed by atoms with Gasteiger partial charge in [0.15, 0.2) is 0 Å². The highest BCUT2D eigenvalue weighted by atomic mass is 19.1. The van der Waals surface area contributed by atoms with E-state index in [0.717, 1.165) is 27.7 Å². The van der Waals surface area contributed by atoms with E-state index in [-0.39, 0.29) is 12.4 Å². The zero-order chi connectivity index (χ0) is 24.1. The number of halogens is 1. The summed E-state index contributed by atoms with van der Waals surface area (Å²) in [4.78, 5) is 26.9. The number of carboxylic acids is 1. The fraction of sp³-hybridized carbons (Fsp3) is 0.385. The number of aromatic nitrogens is 1. The van der Waals surface area contributed by atoms with Crippen molar-refractivity contribution in [1.29, 1.82) is 0 Å². The number of fused-ring (bicyclic) bond motifs is 3. The highest BCUT2D eigenvalue weighted by molar-refractivity contribution is 5.91. The molecule has 0 radical (unpaired) electrons. The Morgan fingerprint density at radius 2 is 1.76 bits per heavy atom. The molecule has 1 unspecified atom stereocenters. The van der Waals surface area contributed by atoms with E-state index in [0.29, 0.717) is 6.54 Å². The van der Waals surface area contributed by atoms with Crippen molar-refractivity contribution in [3.63, 3.8) is 0 Å². The maximum Gasteiger partial charge on any atom is 0.411 e. The number of benzene rings is 2. The summed E-state index contributed by atoms with van der Waals surface area (Å²) < 4.78 is 21.1. The number of hydrogen-bond donors (Lipinski definition) is 1. The molecule has 1 aromatic heterocycles. The molecule has 1 aliphatic heterocycles. The maximum atomic E-state index is 13.5. The smallest absolute Gasteiger partial charge is 0.411 e. The molecule has 1 N–H and O–H groups in total. The molecule has 1 aliphatic rings. The highest BCUT2D eigenvalue weighted by Crippen LogP contribution is 2.44. The number of carbonyl (C=O) groups is 2. The fourth-order valence-corrected chi connectivity index (χ4v) is 4.90. The van der Waals surface area contributed by atoms with Crippen molar-refractivity contribution in [3.05, 3.63) is 71.2 Å². The zero-order valence-electron chi connectivity index (χ0n) is 19.6. The van der Waals surface area contributed by atoms with Gasteiger partial charge in [-0.15, -0.1) is 0 Å². The van der Waals surface area contributed by atoms with E-state index in [2.05, 4.69) is 4.57 Å². The molecular weight excluding hydrogens is 423 g/mol. The van der Waals surface area contributed by atoms with Crippen molar-refractivity contribution in [2.24, 2.45) is 0 Å². The first-order chi connectivity index (χ1) is 15.4. The van der Waals surface area contributed by atoms with Crippen LogP contribution in [0, 0.1) is 5.82 Å². The lowest BCUT2D eigenvalue weighted by Gasteiger charge is -2.44. The lowest BCUT2D eigenvalue weighted by Crippen LogP contribution is -2.58. The van der Waals surface area contributed by atoms with Gasteiger partial charge in [0, 0.05) is 28.6 Å². The predicted octanol–water partition coefficient (Wildman–Crippen LogP) is 5.31. The van der Waals surface area contributed by atoms with Crippen LogP contribution in [0.5, 0.6) is 0 Å². The number of carboxylic acid groups (broad SMARTS) is 1. The van der Waals surface area contributed by atoms with Gasteiger partial charge in [-0.1, -0.05) is 44.2 Å². The van der Waals surface area contributed by atoms with Gasteiger partial charge in [0.05, 0.1) is 6.54 Å². The average molecular weight is 453 g/mol. The summed E-state index contributed by atoms with van der Waals surface area (Å²) in [6, 6.07) is 13.0. The number of aliphatic carboxylic acids is 1. The second-order valence-electron chi connectivity index (χ2n) is 10.1. The molecule has 0 aliphatic carbocycles. The molecule has 174 valence electrons. The highest BCUT2D eigenvalue weighted by Gasteiger charge is 2.50. The normalized spacial score (nSPS) is 17.6. The topological polar surface area (TPSA) is 71.8 Å². The van der Waals surface area contributed by atoms with Gasteiger partial charge in [0.25, 0.3) is 0 Å². The summed E-state index contributed by atoms with van der Waals surface area (Å²) in [5.74, 6) is -1.38. The Labute approximate surface area is 192 Å². The van der Waals surface area contributed by atoms with Gasteiger partial charge in [0.1, 0.15) is 17.5 Å². The molecule has 0 saturated carbocycles. The Morgan fingerprint density at radius 3 is 2.36 bits per heavy atom. The summed E-state index contributed by atoms with van der Waals surface area (Å²) in [5.41, 5.74) is 1.97. The molecule has 2 heterocycles. The minimum absolute atomic E-state index is 0.0977. The van der Waals surface area contributed by atoms with Crippen molar-refractivity contribution in [1.82, 2.24) is 9.47 Å². The van der Waals surface area contributed by atoms with Crippen molar-refractivity contribution in [2.45, 2.75) is 64.8 Å². The molecule has 1 amide bonds. The van der Waals surface area contributed by atoms with Crippen molar-refractivity contribution in [3.8, 4) is 0 Å². The lowest BCUT2D eigenvalue weighted by atomic mass is 9.73. The van der Waals surface area contributed by atoms with Crippen LogP contribution in [0.15, 0.2) is 48.5 Å². The third-order valence-electron chi connectivity index (χ3n) is 6.15. The van der Waals surface area contributed by atoms with E-state index in [4.69, 9.17) is 4.74 Å². The standard InChI is InChI=1S/C26H29FN2O4/c1-25(2,3)33-24(32)29-15-20-21(26(4,5)22(29)23(30)31)18-8-6-7-9-19(18)28(20)14-16-10-12-17(27)13-11-16/h6-13,22H,14-15H2,1-5H3,(H,30,31). The minimum atomic E-state index is -1.09. The Kier molecular flexibility index (Phi) is 5.47. The van der Waals surface area contributed by atoms with Crippen molar-refractivity contribution >= 4 is 23.0 Å². The third kappa shape index (κ3) is 4.08. The fourth-order valence-electron chi connectivity index (χ4n) is 4.90. The van der Waals surface area contributed by atoms with Gasteiger partial charge in [0.2, 0.25) is 0 Å². The molecule has 0 fully saturated rings. The summed E-state index contributed by atoms with van der Waals surface area (Å²) >= 11 is 0. The van der Waals surface area contributed by atoms with E-state index in [1.165, 1.54) is 17.0 Å². The first kappa shape index (κ1) is 22.8. The number of hydrogen-bond acceptors (Lipinski definition) is 3. The summed E-state index contributed by atoms with van der Waals surface area (Å²) in [6.45, 7) is 9.55. The van der Waals surface area contributed by atoms with Crippen LogP contribution in [-0.2, 0) is 28.0 Å². The van der Waals surface area contributed by atoms with E-state index >= 15 is 0 Å². The van der Waals surface area contributed by atoms with Crippen LogP contribution in [0.4, 0.5) is 9.18 Å². The zero-order valence-corrected chi connectivity index (χ0v) is 19.6. The number of carbonyl (C=O) groups excluding carboxylic acids is 1. The molecular formula is C26H29FN2O4. The van der Waals surface area contributed by atoms with Gasteiger partial charge in [-0.25, -0.2) is 14.0 Å². The Bertz CT molecular complexity index is 1220. The molecule has 6 nitrogen and oxygen atoms in total. The van der Waals surface area contributed by atoms with E-state index in [1.54, 1.807) is 32.9 Å². The number of nitrogens with zero attached hydrogens (tertiary/aromatic N) is 2. The number of amides is 1. The van der Waals surface area contributed by atoms with Gasteiger partial charge in [-0.05, 0) is 50.1 Å².